The molecule has 0 fully saturated rings. The van der Waals surface area contributed by atoms with Crippen molar-refractivity contribution in [2.24, 2.45) is 4.99 Å². The number of hydrogen-bond donors (Lipinski definition) is 0. The van der Waals surface area contributed by atoms with Crippen LogP contribution in [0.1, 0.15) is 11.1 Å². The number of aliphatic imine (C=N–C) groups is 1. The highest BCUT2D eigenvalue weighted by Gasteiger charge is 2.21. The Balaban J connectivity index is 1.75. The van der Waals surface area contributed by atoms with E-state index < -0.39 is 17.5 Å². The Morgan fingerprint density at radius 2 is 1.34 bits per heavy atom. The molecule has 0 saturated carbocycles. The third kappa shape index (κ3) is 2.76. The predicted molar refractivity (Wildman–Crippen MR) is 123 cm³/mol. The van der Waals surface area contributed by atoms with Crippen molar-refractivity contribution in [3.8, 4) is 22.3 Å². The lowest BCUT2D eigenvalue weighted by Crippen LogP contribution is -1.97. The van der Waals surface area contributed by atoms with Crippen molar-refractivity contribution < 1.29 is 13.2 Å². The fraction of sp³-hybridized carbons (Fsp3) is 0.0357. The summed E-state index contributed by atoms with van der Waals surface area (Å²) in [6.07, 6.45) is 1.88. The first kappa shape index (κ1) is 18.8. The average molecular weight is 423 g/mol. The highest BCUT2D eigenvalue weighted by Crippen LogP contribution is 2.43. The summed E-state index contributed by atoms with van der Waals surface area (Å²) in [6.45, 7) is 0.433. The first-order valence-electron chi connectivity index (χ1n) is 10.3. The van der Waals surface area contributed by atoms with Crippen molar-refractivity contribution in [1.29, 1.82) is 0 Å². The zero-order valence-corrected chi connectivity index (χ0v) is 16.9. The molecule has 0 bridgehead atoms. The van der Waals surface area contributed by atoms with Gasteiger partial charge in [0.1, 0.15) is 0 Å². The number of nitrogens with zero attached hydrogens (tertiary/aromatic N) is 1. The van der Waals surface area contributed by atoms with Crippen LogP contribution in [0.2, 0.25) is 0 Å². The average Bonchev–Trinajstić information content (AvgIpc) is 3.01. The van der Waals surface area contributed by atoms with Crippen LogP contribution in [-0.4, -0.2) is 6.21 Å². The Labute approximate surface area is 182 Å². The second kappa shape index (κ2) is 7.06. The van der Waals surface area contributed by atoms with Crippen LogP contribution < -0.4 is 0 Å². The number of fused-ring (bicyclic) bond motifs is 7. The molecule has 0 atom stereocenters. The molecule has 1 aliphatic rings. The van der Waals surface area contributed by atoms with Crippen LogP contribution >= 0.6 is 0 Å². The molecule has 1 nitrogen and oxygen atoms in total. The molecule has 154 valence electrons. The van der Waals surface area contributed by atoms with E-state index in [4.69, 9.17) is 0 Å². The fourth-order valence-corrected chi connectivity index (χ4v) is 4.72. The van der Waals surface area contributed by atoms with Crippen LogP contribution in [0, 0.1) is 17.5 Å². The molecule has 0 N–H and O–H groups in total. The molecule has 0 radical (unpaired) electrons. The third-order valence-corrected chi connectivity index (χ3v) is 6.12. The zero-order valence-electron chi connectivity index (χ0n) is 16.9. The Morgan fingerprint density at radius 3 is 2.12 bits per heavy atom. The maximum absolute atomic E-state index is 14.1. The molecule has 1 heterocycles. The zero-order chi connectivity index (χ0) is 21.8. The molecule has 5 aromatic rings. The molecule has 32 heavy (non-hydrogen) atoms. The number of hydrogen-bond acceptors (Lipinski definition) is 1. The van der Waals surface area contributed by atoms with E-state index in [1.54, 1.807) is 0 Å². The van der Waals surface area contributed by atoms with E-state index in [9.17, 15) is 13.2 Å². The second-order valence-corrected chi connectivity index (χ2v) is 7.98. The summed E-state index contributed by atoms with van der Waals surface area (Å²) in [5.41, 5.74) is 5.09. The van der Waals surface area contributed by atoms with Gasteiger partial charge in [-0.25, -0.2) is 13.2 Å². The topological polar surface area (TPSA) is 12.4 Å². The summed E-state index contributed by atoms with van der Waals surface area (Å²) in [6, 6.07) is 24.2. The number of benzene rings is 5. The molecule has 6 rings (SSSR count). The van der Waals surface area contributed by atoms with Gasteiger partial charge in [-0.3, -0.25) is 4.99 Å². The molecule has 0 unspecified atom stereocenters. The first-order valence-corrected chi connectivity index (χ1v) is 10.3. The van der Waals surface area contributed by atoms with E-state index in [1.165, 1.54) is 0 Å². The van der Waals surface area contributed by atoms with Gasteiger partial charge >= 0.3 is 0 Å². The molecule has 0 saturated heterocycles. The van der Waals surface area contributed by atoms with E-state index in [0.717, 1.165) is 55.9 Å². The number of rotatable bonds is 1. The first-order chi connectivity index (χ1) is 15.6. The lowest BCUT2D eigenvalue weighted by atomic mass is 9.85. The second-order valence-electron chi connectivity index (χ2n) is 7.98. The van der Waals surface area contributed by atoms with Crippen molar-refractivity contribution >= 4 is 27.8 Å². The summed E-state index contributed by atoms with van der Waals surface area (Å²) < 4.78 is 41.7. The van der Waals surface area contributed by atoms with Crippen LogP contribution in [0.4, 0.5) is 13.2 Å². The monoisotopic (exact) mass is 423 g/mol. The van der Waals surface area contributed by atoms with Gasteiger partial charge in [0.25, 0.3) is 0 Å². The smallest absolute Gasteiger partial charge is 0.194 e. The normalized spacial score (nSPS) is 12.6. The van der Waals surface area contributed by atoms with Gasteiger partial charge in [0.2, 0.25) is 0 Å². The Hall–Kier alpha value is -3.92. The van der Waals surface area contributed by atoms with Gasteiger partial charge < -0.3 is 0 Å². The van der Waals surface area contributed by atoms with Crippen LogP contribution in [-0.2, 0) is 6.54 Å². The molecular formula is C28H16F3N. The molecule has 5 aromatic carbocycles. The van der Waals surface area contributed by atoms with Crippen molar-refractivity contribution in [1.82, 2.24) is 0 Å². The highest BCUT2D eigenvalue weighted by molar-refractivity contribution is 6.15. The minimum atomic E-state index is -1.46. The van der Waals surface area contributed by atoms with E-state index >= 15 is 0 Å². The Morgan fingerprint density at radius 1 is 0.656 bits per heavy atom. The predicted octanol–water partition coefficient (Wildman–Crippen LogP) is 7.68. The summed E-state index contributed by atoms with van der Waals surface area (Å²) in [5.74, 6) is -3.86. The van der Waals surface area contributed by atoms with E-state index in [2.05, 4.69) is 29.3 Å². The molecule has 4 heteroatoms. The van der Waals surface area contributed by atoms with Crippen molar-refractivity contribution in [2.75, 3.05) is 0 Å². The van der Waals surface area contributed by atoms with Crippen molar-refractivity contribution in [3.05, 3.63) is 107 Å². The van der Waals surface area contributed by atoms with Gasteiger partial charge in [-0.2, -0.15) is 0 Å². The van der Waals surface area contributed by atoms with Gasteiger partial charge in [-0.05, 0) is 67.6 Å². The molecule has 0 aliphatic carbocycles. The van der Waals surface area contributed by atoms with Gasteiger partial charge in [-0.1, -0.05) is 60.7 Å². The van der Waals surface area contributed by atoms with Crippen molar-refractivity contribution in [3.63, 3.8) is 0 Å². The van der Waals surface area contributed by atoms with Crippen molar-refractivity contribution in [2.45, 2.75) is 6.54 Å². The Kier molecular flexibility index (Phi) is 4.15. The molecule has 1 aliphatic heterocycles. The Bertz CT molecular complexity index is 1560. The van der Waals surface area contributed by atoms with Gasteiger partial charge in [0.15, 0.2) is 17.5 Å². The largest absolute Gasteiger partial charge is 0.288 e. The molecule has 0 amide bonds. The summed E-state index contributed by atoms with van der Waals surface area (Å²) in [5, 5.41) is 4.06. The summed E-state index contributed by atoms with van der Waals surface area (Å²) in [7, 11) is 0. The fourth-order valence-electron chi connectivity index (χ4n) is 4.72. The molecule has 0 aromatic heterocycles. The maximum Gasteiger partial charge on any atom is 0.194 e. The van der Waals surface area contributed by atoms with Gasteiger partial charge in [0, 0.05) is 11.8 Å². The number of halogens is 3. The lowest BCUT2D eigenvalue weighted by molar-refractivity contribution is 0.448. The standard InChI is InChI=1S/C28H16F3N/c29-24-12-18(13-25(30)28(24)31)23-11-19-15-32-14-17-10-9-16-5-1-2-6-20(16)26(17)27(19)22-8-4-3-7-21(22)23/h1-14H,15H2. The van der Waals surface area contributed by atoms with Crippen LogP contribution in [0.15, 0.2) is 83.9 Å². The molecular weight excluding hydrogens is 407 g/mol. The van der Waals surface area contributed by atoms with Crippen LogP contribution in [0.5, 0.6) is 0 Å². The maximum atomic E-state index is 14.1. The van der Waals surface area contributed by atoms with E-state index in [0.29, 0.717) is 17.7 Å². The van der Waals surface area contributed by atoms with E-state index in [-0.39, 0.29) is 0 Å². The van der Waals surface area contributed by atoms with Crippen LogP contribution in [0.3, 0.4) is 0 Å². The summed E-state index contributed by atoms with van der Waals surface area (Å²) in [4.78, 5) is 4.62. The lowest BCUT2D eigenvalue weighted by Gasteiger charge is -2.18. The van der Waals surface area contributed by atoms with Gasteiger partial charge in [-0.15, -0.1) is 0 Å². The summed E-state index contributed by atoms with van der Waals surface area (Å²) >= 11 is 0. The third-order valence-electron chi connectivity index (χ3n) is 6.12. The highest BCUT2D eigenvalue weighted by atomic mass is 19.2. The van der Waals surface area contributed by atoms with Crippen LogP contribution in [0.25, 0.3) is 43.8 Å². The molecule has 0 spiro atoms. The SMILES string of the molecule is Fc1cc(-c2cc3c(c4ccccc24)-c2c(ccc4ccccc24)C=NC3)cc(F)c1F. The minimum Gasteiger partial charge on any atom is -0.288 e. The van der Waals surface area contributed by atoms with E-state index in [1.807, 2.05) is 48.7 Å². The minimum absolute atomic E-state index is 0.298. The quantitative estimate of drug-likeness (QED) is 0.245. The van der Waals surface area contributed by atoms with Gasteiger partial charge in [0.05, 0.1) is 6.54 Å².